The molecule has 0 saturated carbocycles. The highest BCUT2D eigenvalue weighted by molar-refractivity contribution is 5.79. The smallest absolute Gasteiger partial charge is 0.329 e. The van der Waals surface area contributed by atoms with Gasteiger partial charge in [-0.2, -0.15) is 0 Å². The van der Waals surface area contributed by atoms with Gasteiger partial charge in [-0.15, -0.1) is 0 Å². The molecule has 1 heterocycles. The van der Waals surface area contributed by atoms with Gasteiger partial charge in [-0.1, -0.05) is 0 Å². The molecule has 1 rings (SSSR count). The van der Waals surface area contributed by atoms with Crippen molar-refractivity contribution in [2.45, 2.75) is 13.5 Å². The van der Waals surface area contributed by atoms with Gasteiger partial charge < -0.3 is 10.4 Å². The lowest BCUT2D eigenvalue weighted by Gasteiger charge is -2.00. The van der Waals surface area contributed by atoms with Gasteiger partial charge in [0.25, 0.3) is 0 Å². The molecule has 0 bridgehead atoms. The van der Waals surface area contributed by atoms with E-state index in [0.717, 1.165) is 11.8 Å². The van der Waals surface area contributed by atoms with Crippen molar-refractivity contribution in [2.75, 3.05) is 0 Å². The fourth-order valence-electron chi connectivity index (χ4n) is 0.897. The van der Waals surface area contributed by atoms with Crippen molar-refractivity contribution in [1.82, 2.24) is 15.3 Å². The molecule has 0 atom stereocenters. The summed E-state index contributed by atoms with van der Waals surface area (Å²) in [6, 6.07) is 1.77. The van der Waals surface area contributed by atoms with Crippen molar-refractivity contribution in [1.29, 1.82) is 0 Å². The van der Waals surface area contributed by atoms with Crippen LogP contribution in [0.15, 0.2) is 24.5 Å². The highest BCUT2D eigenvalue weighted by Gasteiger charge is 1.92. The van der Waals surface area contributed by atoms with E-state index in [2.05, 4.69) is 15.3 Å². The average Bonchev–Trinajstić information content (AvgIpc) is 2.12. The minimum atomic E-state index is -0.976. The molecule has 0 unspecified atom stereocenters. The number of rotatable bonds is 4. The quantitative estimate of drug-likeness (QED) is 0.680. The largest absolute Gasteiger partial charge is 0.478 e. The van der Waals surface area contributed by atoms with Gasteiger partial charge in [-0.25, -0.2) is 14.8 Å². The number of aliphatic carboxylic acids is 1. The first-order valence-corrected chi connectivity index (χ1v) is 4.10. The number of carbonyl (C=O) groups is 1. The highest BCUT2D eigenvalue weighted by atomic mass is 16.4. The molecule has 0 aliphatic heterocycles. The van der Waals surface area contributed by atoms with Crippen molar-refractivity contribution in [2.24, 2.45) is 0 Å². The zero-order valence-electron chi connectivity index (χ0n) is 7.77. The van der Waals surface area contributed by atoms with E-state index in [4.69, 9.17) is 5.11 Å². The van der Waals surface area contributed by atoms with Crippen LogP contribution in [0, 0.1) is 6.92 Å². The first-order valence-electron chi connectivity index (χ1n) is 4.10. The molecular formula is C9H11N3O2. The van der Waals surface area contributed by atoms with Crippen molar-refractivity contribution >= 4 is 5.97 Å². The molecule has 0 aromatic carbocycles. The van der Waals surface area contributed by atoms with Crippen LogP contribution in [0.1, 0.15) is 11.5 Å². The van der Waals surface area contributed by atoms with Crippen molar-refractivity contribution in [3.8, 4) is 0 Å². The molecule has 0 aliphatic rings. The van der Waals surface area contributed by atoms with Gasteiger partial charge in [0.2, 0.25) is 0 Å². The molecule has 14 heavy (non-hydrogen) atoms. The van der Waals surface area contributed by atoms with Gasteiger partial charge in [0.1, 0.15) is 5.82 Å². The van der Waals surface area contributed by atoms with Crippen molar-refractivity contribution < 1.29 is 9.90 Å². The monoisotopic (exact) mass is 193 g/mol. The fourth-order valence-corrected chi connectivity index (χ4v) is 0.897. The Bertz CT molecular complexity index is 350. The first kappa shape index (κ1) is 10.2. The summed E-state index contributed by atoms with van der Waals surface area (Å²) >= 11 is 0. The molecule has 1 aromatic rings. The van der Waals surface area contributed by atoms with E-state index in [1.807, 2.05) is 0 Å². The summed E-state index contributed by atoms with van der Waals surface area (Å²) in [6.07, 6.45) is 4.08. The van der Waals surface area contributed by atoms with Gasteiger partial charge in [0.05, 0.1) is 12.2 Å². The summed E-state index contributed by atoms with van der Waals surface area (Å²) in [7, 11) is 0. The molecule has 2 N–H and O–H groups in total. The fraction of sp³-hybridized carbons (Fsp3) is 0.222. The van der Waals surface area contributed by atoms with Crippen molar-refractivity contribution in [3.63, 3.8) is 0 Å². The molecule has 0 fully saturated rings. The van der Waals surface area contributed by atoms with Crippen LogP contribution in [0.4, 0.5) is 0 Å². The number of carboxylic acid groups (broad SMARTS) is 1. The van der Waals surface area contributed by atoms with Crippen molar-refractivity contribution in [3.05, 3.63) is 36.1 Å². The second-order valence-electron chi connectivity index (χ2n) is 2.65. The van der Waals surface area contributed by atoms with Crippen LogP contribution in [0.25, 0.3) is 0 Å². The first-order chi connectivity index (χ1) is 6.68. The lowest BCUT2D eigenvalue weighted by molar-refractivity contribution is -0.131. The van der Waals surface area contributed by atoms with Gasteiger partial charge in [0, 0.05) is 18.5 Å². The van der Waals surface area contributed by atoms with E-state index >= 15 is 0 Å². The van der Waals surface area contributed by atoms with Gasteiger partial charge in [-0.05, 0) is 13.0 Å². The number of nitrogens with one attached hydrogen (secondary N) is 1. The molecule has 0 saturated heterocycles. The Morgan fingerprint density at radius 2 is 2.50 bits per heavy atom. The Balaban J connectivity index is 2.42. The number of hydrogen-bond donors (Lipinski definition) is 2. The van der Waals surface area contributed by atoms with E-state index in [-0.39, 0.29) is 0 Å². The molecule has 0 spiro atoms. The minimum Gasteiger partial charge on any atom is -0.478 e. The normalized spacial score (nSPS) is 10.4. The summed E-state index contributed by atoms with van der Waals surface area (Å²) < 4.78 is 0. The lowest BCUT2D eigenvalue weighted by Crippen LogP contribution is -2.08. The SMILES string of the molecule is Cc1nccc(CN/C=C/C(=O)O)n1. The predicted molar refractivity (Wildman–Crippen MR) is 50.4 cm³/mol. The Morgan fingerprint density at radius 3 is 3.14 bits per heavy atom. The number of aryl methyl sites for hydroxylation is 1. The average molecular weight is 193 g/mol. The maximum Gasteiger partial charge on any atom is 0.329 e. The third kappa shape index (κ3) is 3.66. The Hall–Kier alpha value is -1.91. The van der Waals surface area contributed by atoms with E-state index < -0.39 is 5.97 Å². The molecule has 0 radical (unpaired) electrons. The Labute approximate surface area is 81.5 Å². The summed E-state index contributed by atoms with van der Waals surface area (Å²) in [5.74, 6) is -0.275. The third-order valence-corrected chi connectivity index (χ3v) is 1.46. The maximum atomic E-state index is 10.1. The molecule has 1 aromatic heterocycles. The summed E-state index contributed by atoms with van der Waals surface area (Å²) in [5.41, 5.74) is 0.826. The van der Waals surface area contributed by atoms with Gasteiger partial charge >= 0.3 is 5.97 Å². The number of nitrogens with zero attached hydrogens (tertiary/aromatic N) is 2. The molecular weight excluding hydrogens is 182 g/mol. The number of hydrogen-bond acceptors (Lipinski definition) is 4. The van der Waals surface area contributed by atoms with Crippen LogP contribution in [0.3, 0.4) is 0 Å². The van der Waals surface area contributed by atoms with Crippen LogP contribution in [0.2, 0.25) is 0 Å². The minimum absolute atomic E-state index is 0.493. The Kier molecular flexibility index (Phi) is 3.60. The second-order valence-corrected chi connectivity index (χ2v) is 2.65. The van der Waals surface area contributed by atoms with Crippen LogP contribution in [-0.2, 0) is 11.3 Å². The van der Waals surface area contributed by atoms with Crippen LogP contribution in [0.5, 0.6) is 0 Å². The summed E-state index contributed by atoms with van der Waals surface area (Å²) in [4.78, 5) is 18.2. The zero-order valence-corrected chi connectivity index (χ0v) is 7.77. The van der Waals surface area contributed by atoms with E-state index in [9.17, 15) is 4.79 Å². The number of aromatic nitrogens is 2. The second kappa shape index (κ2) is 4.96. The maximum absolute atomic E-state index is 10.1. The third-order valence-electron chi connectivity index (χ3n) is 1.46. The predicted octanol–water partition coefficient (Wildman–Crippen LogP) is 0.473. The number of carboxylic acids is 1. The van der Waals surface area contributed by atoms with E-state index in [1.54, 1.807) is 19.2 Å². The van der Waals surface area contributed by atoms with E-state index in [1.165, 1.54) is 6.20 Å². The standard InChI is InChI=1S/C9H11N3O2/c1-7-11-5-2-8(12-7)6-10-4-3-9(13)14/h2-5,10H,6H2,1H3,(H,13,14)/b4-3+. The molecule has 5 heteroatoms. The van der Waals surface area contributed by atoms with Gasteiger partial charge in [0.15, 0.2) is 0 Å². The highest BCUT2D eigenvalue weighted by Crippen LogP contribution is 1.93. The Morgan fingerprint density at radius 1 is 1.71 bits per heavy atom. The van der Waals surface area contributed by atoms with Crippen LogP contribution < -0.4 is 5.32 Å². The van der Waals surface area contributed by atoms with Crippen LogP contribution in [-0.4, -0.2) is 21.0 Å². The summed E-state index contributed by atoms with van der Waals surface area (Å²) in [5, 5.41) is 11.1. The molecule has 0 aliphatic carbocycles. The topological polar surface area (TPSA) is 75.1 Å². The zero-order chi connectivity index (χ0) is 10.4. The van der Waals surface area contributed by atoms with Gasteiger partial charge in [-0.3, -0.25) is 0 Å². The molecule has 0 amide bonds. The van der Waals surface area contributed by atoms with E-state index in [0.29, 0.717) is 12.4 Å². The lowest BCUT2D eigenvalue weighted by atomic mass is 10.4. The summed E-state index contributed by atoms with van der Waals surface area (Å²) in [6.45, 7) is 2.30. The van der Waals surface area contributed by atoms with Crippen LogP contribution >= 0.6 is 0 Å². The molecule has 74 valence electrons. The molecule has 5 nitrogen and oxygen atoms in total.